The van der Waals surface area contributed by atoms with E-state index >= 15 is 0 Å². The van der Waals surface area contributed by atoms with E-state index in [1.165, 1.54) is 0 Å². The number of carbonyl (C=O) groups is 1. The van der Waals surface area contributed by atoms with Gasteiger partial charge in [-0.15, -0.1) is 0 Å². The first-order valence-electron chi connectivity index (χ1n) is 10.5. The smallest absolute Gasteiger partial charge is 0.287 e. The number of anilines is 1. The van der Waals surface area contributed by atoms with Crippen molar-refractivity contribution in [3.63, 3.8) is 0 Å². The van der Waals surface area contributed by atoms with Crippen molar-refractivity contribution in [2.24, 2.45) is 0 Å². The summed E-state index contributed by atoms with van der Waals surface area (Å²) in [4.78, 5) is 18.8. The number of hydrogen-bond acceptors (Lipinski definition) is 6. The van der Waals surface area contributed by atoms with Crippen molar-refractivity contribution in [3.8, 4) is 11.8 Å². The van der Waals surface area contributed by atoms with Crippen LogP contribution >= 0.6 is 11.6 Å². The Morgan fingerprint density at radius 2 is 2.06 bits per heavy atom. The van der Waals surface area contributed by atoms with Gasteiger partial charge in [-0.2, -0.15) is 0 Å². The predicted molar refractivity (Wildman–Crippen MR) is 127 cm³/mol. The summed E-state index contributed by atoms with van der Waals surface area (Å²) in [5.41, 5.74) is 7.22. The molecule has 168 valence electrons. The third kappa shape index (κ3) is 5.60. The van der Waals surface area contributed by atoms with E-state index in [1.807, 2.05) is 19.9 Å². The number of amides is 1. The maximum atomic E-state index is 12.5. The zero-order valence-electron chi connectivity index (χ0n) is 18.4. The molecule has 0 aliphatic heterocycles. The number of halogens is 1. The fourth-order valence-electron chi connectivity index (χ4n) is 3.36. The van der Waals surface area contributed by atoms with Gasteiger partial charge in [-0.3, -0.25) is 4.79 Å². The van der Waals surface area contributed by atoms with E-state index in [4.69, 9.17) is 21.8 Å². The van der Waals surface area contributed by atoms with Crippen LogP contribution in [0.5, 0.6) is 0 Å². The average molecular weight is 455 g/mol. The fourth-order valence-corrected chi connectivity index (χ4v) is 3.53. The summed E-state index contributed by atoms with van der Waals surface area (Å²) in [7, 11) is 0. The Morgan fingerprint density at radius 3 is 2.78 bits per heavy atom. The highest BCUT2D eigenvalue weighted by atomic mass is 35.5. The number of fused-ring (bicyclic) bond motifs is 1. The fraction of sp³-hybridized carbons (Fsp3) is 0.333. The minimum atomic E-state index is -0.665. The van der Waals surface area contributed by atoms with Gasteiger partial charge in [0.1, 0.15) is 5.82 Å². The van der Waals surface area contributed by atoms with Gasteiger partial charge in [0.15, 0.2) is 11.5 Å². The monoisotopic (exact) mass is 454 g/mol. The molecule has 0 saturated carbocycles. The van der Waals surface area contributed by atoms with E-state index in [1.54, 1.807) is 31.3 Å². The number of aliphatic hydroxyl groups excluding tert-OH is 1. The second kappa shape index (κ2) is 10.5. The first kappa shape index (κ1) is 23.6. The van der Waals surface area contributed by atoms with Crippen LogP contribution in [0.4, 0.5) is 5.82 Å². The van der Waals surface area contributed by atoms with E-state index in [0.717, 1.165) is 23.9 Å². The van der Waals surface area contributed by atoms with Crippen molar-refractivity contribution in [2.45, 2.75) is 26.9 Å². The van der Waals surface area contributed by atoms with Crippen LogP contribution in [-0.4, -0.2) is 53.2 Å². The molecule has 2 aromatic heterocycles. The molecule has 1 aromatic carbocycles. The number of carbonyl (C=O) groups excluding carboxylic acids is 1. The number of furan rings is 1. The number of nitrogens with zero attached hydrogens (tertiary/aromatic N) is 2. The highest BCUT2D eigenvalue weighted by Gasteiger charge is 2.17. The standard InChI is InChI=1S/C24H27ClN4O3/c1-4-29(5-2)14-18(30)13-28-24(31)22-15(3)10-19(32-22)8-9-20-21-11-17(25)7-6-16(21)12-27-23(20)26/h6-7,10-12,18,30H,4-5,13-14H2,1-3H3,(H2,26,27)(H,28,31). The van der Waals surface area contributed by atoms with Crippen molar-refractivity contribution in [1.29, 1.82) is 0 Å². The summed E-state index contributed by atoms with van der Waals surface area (Å²) in [5.74, 6) is 6.30. The topological polar surface area (TPSA) is 105 Å². The zero-order chi connectivity index (χ0) is 23.3. The Morgan fingerprint density at radius 1 is 1.31 bits per heavy atom. The molecule has 1 amide bonds. The van der Waals surface area contributed by atoms with Gasteiger partial charge in [-0.1, -0.05) is 37.4 Å². The molecule has 0 saturated heterocycles. The SMILES string of the molecule is CCN(CC)CC(O)CNC(=O)c1oc(C#Cc2c(N)ncc3ccc(Cl)cc23)cc1C. The first-order chi connectivity index (χ1) is 15.3. The van der Waals surface area contributed by atoms with Crippen LogP contribution < -0.4 is 11.1 Å². The molecule has 0 spiro atoms. The third-order valence-electron chi connectivity index (χ3n) is 5.18. The number of benzene rings is 1. The lowest BCUT2D eigenvalue weighted by atomic mass is 10.1. The molecule has 1 atom stereocenters. The minimum absolute atomic E-state index is 0.134. The van der Waals surface area contributed by atoms with E-state index < -0.39 is 12.0 Å². The average Bonchev–Trinajstić information content (AvgIpc) is 3.15. The van der Waals surface area contributed by atoms with Gasteiger partial charge >= 0.3 is 0 Å². The van der Waals surface area contributed by atoms with Gasteiger partial charge < -0.3 is 25.5 Å². The molecule has 2 heterocycles. The summed E-state index contributed by atoms with van der Waals surface area (Å²) in [6.45, 7) is 8.12. The number of hydrogen-bond donors (Lipinski definition) is 3. The summed E-state index contributed by atoms with van der Waals surface area (Å²) >= 11 is 6.12. The molecular formula is C24H27ClN4O3. The highest BCUT2D eigenvalue weighted by molar-refractivity contribution is 6.31. The molecule has 0 aliphatic carbocycles. The third-order valence-corrected chi connectivity index (χ3v) is 5.41. The molecule has 4 N–H and O–H groups in total. The van der Waals surface area contributed by atoms with Gasteiger partial charge in [0.2, 0.25) is 0 Å². The molecule has 8 heteroatoms. The number of likely N-dealkylation sites (N-methyl/N-ethyl adjacent to an activating group) is 1. The number of pyridine rings is 1. The van der Waals surface area contributed by atoms with Crippen LogP contribution in [0.15, 0.2) is 34.9 Å². The Hall–Kier alpha value is -3.05. The Labute approximate surface area is 192 Å². The summed E-state index contributed by atoms with van der Waals surface area (Å²) in [6, 6.07) is 7.10. The number of nitrogens with one attached hydrogen (secondary N) is 1. The second-order valence-electron chi connectivity index (χ2n) is 7.47. The predicted octanol–water partition coefficient (Wildman–Crippen LogP) is 3.20. The lowest BCUT2D eigenvalue weighted by Gasteiger charge is -2.21. The lowest BCUT2D eigenvalue weighted by Crippen LogP contribution is -2.40. The summed E-state index contributed by atoms with van der Waals surface area (Å²) in [6.07, 6.45) is 1.00. The number of nitrogen functional groups attached to an aromatic ring is 1. The maximum absolute atomic E-state index is 12.5. The quantitative estimate of drug-likeness (QED) is 0.473. The van der Waals surface area contributed by atoms with Crippen molar-refractivity contribution < 1.29 is 14.3 Å². The van der Waals surface area contributed by atoms with E-state index in [-0.39, 0.29) is 18.1 Å². The Bertz CT molecular complexity index is 1170. The zero-order valence-corrected chi connectivity index (χ0v) is 19.2. The molecular weight excluding hydrogens is 428 g/mol. The van der Waals surface area contributed by atoms with Gasteiger partial charge in [0.05, 0.1) is 11.7 Å². The largest absolute Gasteiger partial charge is 0.442 e. The molecule has 1 unspecified atom stereocenters. The van der Waals surface area contributed by atoms with Crippen LogP contribution in [0.1, 0.15) is 41.3 Å². The molecule has 0 aliphatic rings. The molecule has 3 aromatic rings. The van der Waals surface area contributed by atoms with Crippen LogP contribution in [0, 0.1) is 18.8 Å². The molecule has 0 radical (unpaired) electrons. The van der Waals surface area contributed by atoms with E-state index in [2.05, 4.69) is 27.0 Å². The van der Waals surface area contributed by atoms with Crippen molar-refractivity contribution in [2.75, 3.05) is 31.9 Å². The second-order valence-corrected chi connectivity index (χ2v) is 7.91. The van der Waals surface area contributed by atoms with Crippen LogP contribution in [0.25, 0.3) is 10.8 Å². The number of aromatic nitrogens is 1. The van der Waals surface area contributed by atoms with Gasteiger partial charge in [0, 0.05) is 40.6 Å². The Kier molecular flexibility index (Phi) is 7.75. The molecule has 7 nitrogen and oxygen atoms in total. The molecule has 32 heavy (non-hydrogen) atoms. The highest BCUT2D eigenvalue weighted by Crippen LogP contribution is 2.25. The molecule has 3 rings (SSSR count). The van der Waals surface area contributed by atoms with Crippen molar-refractivity contribution in [3.05, 3.63) is 58.1 Å². The summed E-state index contributed by atoms with van der Waals surface area (Å²) in [5, 5.41) is 15.1. The van der Waals surface area contributed by atoms with Gasteiger partial charge in [-0.05, 0) is 44.1 Å². The van der Waals surface area contributed by atoms with Crippen molar-refractivity contribution >= 4 is 34.1 Å². The molecule has 0 fully saturated rings. The lowest BCUT2D eigenvalue weighted by molar-refractivity contribution is 0.0844. The first-order valence-corrected chi connectivity index (χ1v) is 10.8. The van der Waals surface area contributed by atoms with E-state index in [9.17, 15) is 9.90 Å². The number of aryl methyl sites for hydroxylation is 1. The summed E-state index contributed by atoms with van der Waals surface area (Å²) < 4.78 is 5.66. The number of nitrogens with two attached hydrogens (primary N) is 1. The van der Waals surface area contributed by atoms with Gasteiger partial charge in [-0.25, -0.2) is 4.98 Å². The van der Waals surface area contributed by atoms with Crippen LogP contribution in [0.2, 0.25) is 5.02 Å². The van der Waals surface area contributed by atoms with E-state index in [0.29, 0.717) is 28.5 Å². The van der Waals surface area contributed by atoms with Crippen molar-refractivity contribution in [1.82, 2.24) is 15.2 Å². The molecule has 0 bridgehead atoms. The van der Waals surface area contributed by atoms with Crippen LogP contribution in [0.3, 0.4) is 0 Å². The Balaban J connectivity index is 1.76. The minimum Gasteiger partial charge on any atom is -0.442 e. The maximum Gasteiger partial charge on any atom is 0.287 e. The number of aliphatic hydroxyl groups is 1. The van der Waals surface area contributed by atoms with Gasteiger partial charge in [0.25, 0.3) is 5.91 Å². The number of rotatable bonds is 7. The normalized spacial score (nSPS) is 11.9. The van der Waals surface area contributed by atoms with Crippen LogP contribution in [-0.2, 0) is 0 Å².